The van der Waals surface area contributed by atoms with E-state index in [1.54, 1.807) is 6.07 Å². The zero-order valence-electron chi connectivity index (χ0n) is 13.8. The molecule has 0 aliphatic rings. The summed E-state index contributed by atoms with van der Waals surface area (Å²) in [7, 11) is 0. The van der Waals surface area contributed by atoms with Crippen molar-refractivity contribution in [1.29, 1.82) is 0 Å². The highest BCUT2D eigenvalue weighted by Gasteiger charge is 2.27. The Bertz CT molecular complexity index is 738. The van der Waals surface area contributed by atoms with Crippen LogP contribution in [0, 0.1) is 5.41 Å². The third-order valence-corrected chi connectivity index (χ3v) is 4.04. The van der Waals surface area contributed by atoms with Crippen molar-refractivity contribution in [3.8, 4) is 0 Å². The number of nitrogens with one attached hydrogen (secondary N) is 1. The van der Waals surface area contributed by atoms with E-state index >= 15 is 0 Å². The van der Waals surface area contributed by atoms with Gasteiger partial charge in [-0.1, -0.05) is 20.8 Å². The van der Waals surface area contributed by atoms with E-state index in [4.69, 9.17) is 0 Å². The van der Waals surface area contributed by atoms with Gasteiger partial charge in [-0.25, -0.2) is 4.98 Å². The first-order chi connectivity index (χ1) is 10.1. The lowest BCUT2D eigenvalue weighted by Gasteiger charge is -2.33. The molecule has 1 N–H and O–H groups in total. The second-order valence-corrected chi connectivity index (χ2v) is 8.38. The number of amides is 1. The van der Waals surface area contributed by atoms with Crippen molar-refractivity contribution >= 4 is 27.5 Å². The van der Waals surface area contributed by atoms with Crippen LogP contribution < -0.4 is 10.9 Å². The van der Waals surface area contributed by atoms with Crippen LogP contribution in [0.4, 0.5) is 0 Å². The fourth-order valence-corrected chi connectivity index (χ4v) is 3.67. The maximum Gasteiger partial charge on any atom is 0.262 e. The van der Waals surface area contributed by atoms with E-state index in [-0.39, 0.29) is 29.0 Å². The summed E-state index contributed by atoms with van der Waals surface area (Å²) in [5, 5.41) is 5.40. The Balaban J connectivity index is 2.11. The Morgan fingerprint density at radius 1 is 1.32 bits per heavy atom. The molecule has 0 spiro atoms. The predicted octanol–water partition coefficient (Wildman–Crippen LogP) is 2.79. The second-order valence-electron chi connectivity index (χ2n) is 7.49. The molecule has 2 aromatic rings. The topological polar surface area (TPSA) is 64.0 Å². The maximum atomic E-state index is 12.3. The average Bonchev–Trinajstić information content (AvgIpc) is 2.77. The fourth-order valence-electron chi connectivity index (χ4n) is 2.95. The van der Waals surface area contributed by atoms with Crippen molar-refractivity contribution in [2.75, 3.05) is 0 Å². The van der Waals surface area contributed by atoms with Gasteiger partial charge in [0.1, 0.15) is 11.4 Å². The lowest BCUT2D eigenvalue weighted by Crippen LogP contribution is -2.47. The number of carbonyl (C=O) groups is 1. The van der Waals surface area contributed by atoms with Crippen LogP contribution in [0.25, 0.3) is 10.2 Å². The van der Waals surface area contributed by atoms with Gasteiger partial charge in [0.15, 0.2) is 0 Å². The maximum absolute atomic E-state index is 12.3. The number of aromatic nitrogens is 2. The van der Waals surface area contributed by atoms with Crippen LogP contribution in [-0.4, -0.2) is 21.0 Å². The van der Waals surface area contributed by atoms with Crippen molar-refractivity contribution in [3.05, 3.63) is 28.1 Å². The molecule has 6 heteroatoms. The van der Waals surface area contributed by atoms with Crippen molar-refractivity contribution in [2.24, 2.45) is 5.41 Å². The molecule has 0 fully saturated rings. The Hall–Kier alpha value is -1.69. The van der Waals surface area contributed by atoms with Crippen LogP contribution in [0.15, 0.2) is 22.6 Å². The van der Waals surface area contributed by atoms with Gasteiger partial charge in [0.05, 0.1) is 11.7 Å². The highest BCUT2D eigenvalue weighted by molar-refractivity contribution is 7.16. The van der Waals surface area contributed by atoms with E-state index in [9.17, 15) is 9.59 Å². The van der Waals surface area contributed by atoms with Gasteiger partial charge in [-0.3, -0.25) is 14.2 Å². The van der Waals surface area contributed by atoms with Crippen LogP contribution in [0.5, 0.6) is 0 Å². The summed E-state index contributed by atoms with van der Waals surface area (Å²) in [5.41, 5.74) is -0.376. The molecule has 1 amide bonds. The Kier molecular flexibility index (Phi) is 4.42. The molecule has 0 bridgehead atoms. The third-order valence-electron chi connectivity index (χ3n) is 3.21. The highest BCUT2D eigenvalue weighted by atomic mass is 32.1. The number of thiophene rings is 1. The first-order valence-corrected chi connectivity index (χ1v) is 8.19. The fraction of sp³-hybridized carbons (Fsp3) is 0.562. The minimum absolute atomic E-state index is 0.00874. The molecule has 0 saturated carbocycles. The zero-order valence-corrected chi connectivity index (χ0v) is 14.6. The first-order valence-electron chi connectivity index (χ1n) is 7.31. The van der Waals surface area contributed by atoms with Crippen molar-refractivity contribution in [3.63, 3.8) is 0 Å². The smallest absolute Gasteiger partial charge is 0.262 e. The molecule has 2 aromatic heterocycles. The summed E-state index contributed by atoms with van der Waals surface area (Å²) >= 11 is 1.42. The molecule has 120 valence electrons. The monoisotopic (exact) mass is 321 g/mol. The summed E-state index contributed by atoms with van der Waals surface area (Å²) in [6, 6.07) is 1.74. The second kappa shape index (κ2) is 5.83. The van der Waals surface area contributed by atoms with Gasteiger partial charge < -0.3 is 5.32 Å². The minimum Gasteiger partial charge on any atom is -0.350 e. The molecular formula is C16H23N3O2S. The third kappa shape index (κ3) is 4.16. The molecule has 0 unspecified atom stereocenters. The molecular weight excluding hydrogens is 298 g/mol. The molecule has 22 heavy (non-hydrogen) atoms. The summed E-state index contributed by atoms with van der Waals surface area (Å²) in [6.45, 7) is 10.4. The Morgan fingerprint density at radius 2 is 2.00 bits per heavy atom. The number of rotatable bonds is 4. The molecule has 5 nitrogen and oxygen atoms in total. The molecule has 0 aliphatic carbocycles. The molecule has 0 atom stereocenters. The molecule has 0 radical (unpaired) electrons. The molecule has 2 rings (SSSR count). The molecule has 0 aliphatic heterocycles. The number of fused-ring (bicyclic) bond motifs is 1. The number of carbonyl (C=O) groups excluding carboxylic acids is 1. The minimum atomic E-state index is -0.321. The SMILES string of the molecule is CC(C)(C)CC(C)(C)NC(=O)Cn1cnc2sccc2c1=O. The van der Waals surface area contributed by atoms with E-state index < -0.39 is 0 Å². The summed E-state index contributed by atoms with van der Waals surface area (Å²) < 4.78 is 1.36. The van der Waals surface area contributed by atoms with E-state index in [1.807, 2.05) is 19.2 Å². The van der Waals surface area contributed by atoms with Crippen molar-refractivity contribution in [1.82, 2.24) is 14.9 Å². The van der Waals surface area contributed by atoms with Gasteiger partial charge in [0.2, 0.25) is 5.91 Å². The van der Waals surface area contributed by atoms with Crippen LogP contribution in [-0.2, 0) is 11.3 Å². The average molecular weight is 321 g/mol. The molecule has 0 saturated heterocycles. The normalized spacial score (nSPS) is 12.6. The number of hydrogen-bond donors (Lipinski definition) is 1. The van der Waals surface area contributed by atoms with Crippen molar-refractivity contribution < 1.29 is 4.79 Å². The van der Waals surface area contributed by atoms with Gasteiger partial charge in [0, 0.05) is 5.54 Å². The van der Waals surface area contributed by atoms with Gasteiger partial charge in [-0.2, -0.15) is 0 Å². The molecule has 0 aromatic carbocycles. The van der Waals surface area contributed by atoms with E-state index in [0.29, 0.717) is 10.2 Å². The van der Waals surface area contributed by atoms with Gasteiger partial charge in [-0.15, -0.1) is 11.3 Å². The lowest BCUT2D eigenvalue weighted by atomic mass is 9.82. The Morgan fingerprint density at radius 3 is 2.64 bits per heavy atom. The first kappa shape index (κ1) is 16.7. The van der Waals surface area contributed by atoms with Crippen LogP contribution in [0.1, 0.15) is 41.0 Å². The van der Waals surface area contributed by atoms with Crippen molar-refractivity contribution in [2.45, 2.75) is 53.1 Å². The largest absolute Gasteiger partial charge is 0.350 e. The van der Waals surface area contributed by atoms with Gasteiger partial charge in [0.25, 0.3) is 5.56 Å². The highest BCUT2D eigenvalue weighted by Crippen LogP contribution is 2.26. The van der Waals surface area contributed by atoms with Crippen LogP contribution in [0.3, 0.4) is 0 Å². The van der Waals surface area contributed by atoms with Crippen LogP contribution >= 0.6 is 11.3 Å². The van der Waals surface area contributed by atoms with E-state index in [1.165, 1.54) is 22.2 Å². The standard InChI is InChI=1S/C16H23N3O2S/c1-15(2,3)9-16(4,5)18-12(20)8-19-10-17-13-11(14(19)21)6-7-22-13/h6-7,10H,8-9H2,1-5H3,(H,18,20). The number of hydrogen-bond acceptors (Lipinski definition) is 4. The summed E-state index contributed by atoms with van der Waals surface area (Å²) in [4.78, 5) is 29.4. The molecule has 2 heterocycles. The summed E-state index contributed by atoms with van der Waals surface area (Å²) in [6.07, 6.45) is 2.29. The lowest BCUT2D eigenvalue weighted by molar-refractivity contribution is -0.123. The number of nitrogens with zero attached hydrogens (tertiary/aromatic N) is 2. The van der Waals surface area contributed by atoms with Gasteiger partial charge in [-0.05, 0) is 37.1 Å². The zero-order chi connectivity index (χ0) is 16.5. The quantitative estimate of drug-likeness (QED) is 0.942. The van der Waals surface area contributed by atoms with E-state index in [0.717, 1.165) is 6.42 Å². The summed E-state index contributed by atoms with van der Waals surface area (Å²) in [5.74, 6) is -0.173. The van der Waals surface area contributed by atoms with Gasteiger partial charge >= 0.3 is 0 Å². The predicted molar refractivity (Wildman–Crippen MR) is 90.2 cm³/mol. The van der Waals surface area contributed by atoms with Crippen LogP contribution in [0.2, 0.25) is 0 Å². The van der Waals surface area contributed by atoms with E-state index in [2.05, 4.69) is 31.1 Å². The Labute approximate surface area is 134 Å².